The molecular weight excluding hydrogens is 292 g/mol. The lowest BCUT2D eigenvalue weighted by Gasteiger charge is -2.36. The number of carbonyl (C=O) groups is 1. The number of hydrogen-bond acceptors (Lipinski definition) is 3. The summed E-state index contributed by atoms with van der Waals surface area (Å²) in [5.41, 5.74) is 2.67. The third-order valence-electron chi connectivity index (χ3n) is 4.64. The number of para-hydroxylation sites is 1. The molecule has 0 saturated carbocycles. The van der Waals surface area contributed by atoms with Gasteiger partial charge in [0.25, 0.3) is 5.91 Å². The van der Waals surface area contributed by atoms with Crippen LogP contribution in [0, 0.1) is 0 Å². The number of nitrogens with zero attached hydrogens (tertiary/aromatic N) is 1. The number of nitrogens with one attached hydrogen (secondary N) is 1. The highest BCUT2D eigenvalue weighted by Crippen LogP contribution is 2.36. The molecule has 1 aromatic rings. The summed E-state index contributed by atoms with van der Waals surface area (Å²) < 4.78 is 6.18. The van der Waals surface area contributed by atoms with Gasteiger partial charge in [0.05, 0.1) is 6.61 Å². The lowest BCUT2D eigenvalue weighted by atomic mass is 10.1. The molecular formula is C17H26N2O2Si. The van der Waals surface area contributed by atoms with Crippen molar-refractivity contribution in [3.8, 4) is 0 Å². The smallest absolute Gasteiger partial charge is 0.251 e. The van der Waals surface area contributed by atoms with Gasteiger partial charge < -0.3 is 9.74 Å². The molecule has 1 atom stereocenters. The normalized spacial score (nSPS) is 19.1. The lowest BCUT2D eigenvalue weighted by molar-refractivity contribution is -0.117. The van der Waals surface area contributed by atoms with Gasteiger partial charge in [0, 0.05) is 17.0 Å². The summed E-state index contributed by atoms with van der Waals surface area (Å²) in [5.74, 6) is -0.0944. The van der Waals surface area contributed by atoms with Crippen LogP contribution in [-0.4, -0.2) is 32.6 Å². The number of hydrogen-bond donors (Lipinski definition) is 1. The number of fused-ring (bicyclic) bond motifs is 1. The maximum Gasteiger partial charge on any atom is 0.251 e. The summed E-state index contributed by atoms with van der Waals surface area (Å²) >= 11 is 0. The Bertz CT molecular complexity index is 603. The highest BCUT2D eigenvalue weighted by Gasteiger charge is 2.38. The van der Waals surface area contributed by atoms with E-state index >= 15 is 0 Å². The van der Waals surface area contributed by atoms with Crippen molar-refractivity contribution in [1.29, 1.82) is 0 Å². The standard InChI is InChI=1S/C17H26N2O2Si/c1-12-13-9-7-8-10-14(13)19-16(20)15(18-12)11-21-22(5,6)17(2,3)4/h7-10,15H,11H2,1-6H3,(H,19,20)/t15-/m1/s1. The third kappa shape index (κ3) is 3.47. The molecule has 1 amide bonds. The van der Waals surface area contributed by atoms with E-state index in [9.17, 15) is 4.79 Å². The molecule has 120 valence electrons. The van der Waals surface area contributed by atoms with Crippen LogP contribution >= 0.6 is 0 Å². The molecule has 1 aliphatic heterocycles. The first-order chi connectivity index (χ1) is 10.1. The lowest BCUT2D eigenvalue weighted by Crippen LogP contribution is -2.44. The van der Waals surface area contributed by atoms with E-state index in [4.69, 9.17) is 4.43 Å². The van der Waals surface area contributed by atoms with Crippen LogP contribution in [0.3, 0.4) is 0 Å². The topological polar surface area (TPSA) is 50.7 Å². The maximum atomic E-state index is 12.4. The first kappa shape index (κ1) is 16.9. The number of benzodiazepines with no additional fused rings is 1. The molecule has 1 heterocycles. The first-order valence-electron chi connectivity index (χ1n) is 7.70. The molecule has 0 bridgehead atoms. The highest BCUT2D eigenvalue weighted by atomic mass is 28.4. The number of carbonyl (C=O) groups excluding carboxylic acids is 1. The molecule has 0 unspecified atom stereocenters. The number of benzene rings is 1. The van der Waals surface area contributed by atoms with Crippen LogP contribution in [-0.2, 0) is 9.22 Å². The van der Waals surface area contributed by atoms with Crippen molar-refractivity contribution in [3.63, 3.8) is 0 Å². The molecule has 0 fully saturated rings. The second-order valence-corrected chi connectivity index (χ2v) is 12.1. The predicted octanol–water partition coefficient (Wildman–Crippen LogP) is 3.84. The summed E-state index contributed by atoms with van der Waals surface area (Å²) in [7, 11) is -1.89. The molecule has 0 aromatic heterocycles. The van der Waals surface area contributed by atoms with Gasteiger partial charge in [-0.3, -0.25) is 9.79 Å². The molecule has 1 aromatic carbocycles. The number of aliphatic imine (C=N–C) groups is 1. The van der Waals surface area contributed by atoms with Crippen molar-refractivity contribution in [3.05, 3.63) is 29.8 Å². The van der Waals surface area contributed by atoms with E-state index in [1.165, 1.54) is 0 Å². The average molecular weight is 318 g/mol. The van der Waals surface area contributed by atoms with E-state index in [-0.39, 0.29) is 10.9 Å². The second kappa shape index (κ2) is 5.97. The Kier molecular flexibility index (Phi) is 4.59. The zero-order chi connectivity index (χ0) is 16.5. The number of rotatable bonds is 3. The average Bonchev–Trinajstić information content (AvgIpc) is 2.53. The fraction of sp³-hybridized carbons (Fsp3) is 0.529. The van der Waals surface area contributed by atoms with Crippen LogP contribution in [0.15, 0.2) is 29.3 Å². The molecule has 0 radical (unpaired) electrons. The molecule has 4 nitrogen and oxygen atoms in total. The Labute approximate surface area is 134 Å². The molecule has 0 aliphatic carbocycles. The van der Waals surface area contributed by atoms with E-state index < -0.39 is 14.4 Å². The zero-order valence-corrected chi connectivity index (χ0v) is 15.4. The van der Waals surface area contributed by atoms with Gasteiger partial charge in [0.1, 0.15) is 0 Å². The summed E-state index contributed by atoms with van der Waals surface area (Å²) in [4.78, 5) is 17.0. The van der Waals surface area contributed by atoms with Gasteiger partial charge in [-0.1, -0.05) is 39.0 Å². The van der Waals surface area contributed by atoms with Crippen LogP contribution in [0.25, 0.3) is 0 Å². The number of amides is 1. The van der Waals surface area contributed by atoms with E-state index in [1.54, 1.807) is 0 Å². The Morgan fingerprint density at radius 3 is 2.55 bits per heavy atom. The predicted molar refractivity (Wildman–Crippen MR) is 94.2 cm³/mol. The first-order valence-corrected chi connectivity index (χ1v) is 10.6. The van der Waals surface area contributed by atoms with E-state index in [0.29, 0.717) is 6.61 Å². The quantitative estimate of drug-likeness (QED) is 0.861. The molecule has 5 heteroatoms. The fourth-order valence-corrected chi connectivity index (χ4v) is 3.11. The van der Waals surface area contributed by atoms with E-state index in [0.717, 1.165) is 17.0 Å². The van der Waals surface area contributed by atoms with Gasteiger partial charge in [-0.2, -0.15) is 0 Å². The second-order valence-electron chi connectivity index (χ2n) is 7.34. The van der Waals surface area contributed by atoms with Gasteiger partial charge in [-0.25, -0.2) is 0 Å². The van der Waals surface area contributed by atoms with Crippen molar-refractivity contribution in [2.45, 2.75) is 51.9 Å². The maximum absolute atomic E-state index is 12.4. The largest absolute Gasteiger partial charge is 0.414 e. The van der Waals surface area contributed by atoms with Crippen LogP contribution in [0.2, 0.25) is 18.1 Å². The molecule has 0 saturated heterocycles. The Balaban J connectivity index is 2.17. The summed E-state index contributed by atoms with van der Waals surface area (Å²) in [6, 6.07) is 7.27. The van der Waals surface area contributed by atoms with Crippen molar-refractivity contribution in [1.82, 2.24) is 0 Å². The SMILES string of the molecule is CC1=N[C@H](CO[Si](C)(C)C(C)(C)C)C(=O)Nc2ccccc21. The molecule has 1 N–H and O–H groups in total. The van der Waals surface area contributed by atoms with E-state index in [2.05, 4.69) is 44.2 Å². The molecule has 22 heavy (non-hydrogen) atoms. The molecule has 1 aliphatic rings. The minimum Gasteiger partial charge on any atom is -0.414 e. The Morgan fingerprint density at radius 2 is 1.91 bits per heavy atom. The van der Waals surface area contributed by atoms with Gasteiger partial charge in [0.2, 0.25) is 0 Å². The zero-order valence-electron chi connectivity index (χ0n) is 14.4. The number of anilines is 1. The van der Waals surface area contributed by atoms with Crippen LogP contribution in [0.4, 0.5) is 5.69 Å². The van der Waals surface area contributed by atoms with Crippen LogP contribution in [0.5, 0.6) is 0 Å². The van der Waals surface area contributed by atoms with Crippen molar-refractivity contribution in [2.24, 2.45) is 4.99 Å². The Morgan fingerprint density at radius 1 is 1.27 bits per heavy atom. The van der Waals surface area contributed by atoms with Crippen molar-refractivity contribution >= 4 is 25.6 Å². The minimum absolute atomic E-state index is 0.0944. The van der Waals surface area contributed by atoms with Gasteiger partial charge in [-0.15, -0.1) is 0 Å². The van der Waals surface area contributed by atoms with Crippen molar-refractivity contribution in [2.75, 3.05) is 11.9 Å². The Hall–Kier alpha value is -1.46. The van der Waals surface area contributed by atoms with Gasteiger partial charge in [0.15, 0.2) is 14.4 Å². The molecule has 2 rings (SSSR count). The molecule has 0 spiro atoms. The minimum atomic E-state index is -1.89. The van der Waals surface area contributed by atoms with Crippen LogP contribution in [0.1, 0.15) is 33.3 Å². The van der Waals surface area contributed by atoms with Gasteiger partial charge >= 0.3 is 0 Å². The highest BCUT2D eigenvalue weighted by molar-refractivity contribution is 6.74. The van der Waals surface area contributed by atoms with Crippen molar-refractivity contribution < 1.29 is 9.22 Å². The summed E-state index contributed by atoms with van der Waals surface area (Å²) in [6.07, 6.45) is 0. The summed E-state index contributed by atoms with van der Waals surface area (Å²) in [5, 5.41) is 3.08. The third-order valence-corrected chi connectivity index (χ3v) is 9.14. The monoisotopic (exact) mass is 318 g/mol. The van der Waals surface area contributed by atoms with E-state index in [1.807, 2.05) is 31.2 Å². The summed E-state index contributed by atoms with van der Waals surface area (Å²) in [6.45, 7) is 13.2. The fourth-order valence-electron chi connectivity index (χ4n) is 2.10. The van der Waals surface area contributed by atoms with Crippen LogP contribution < -0.4 is 5.32 Å². The van der Waals surface area contributed by atoms with Gasteiger partial charge in [-0.05, 0) is 31.1 Å².